The van der Waals surface area contributed by atoms with Gasteiger partial charge in [-0.15, -0.1) is 0 Å². The Labute approximate surface area is 104 Å². The van der Waals surface area contributed by atoms with Gasteiger partial charge in [0.2, 0.25) is 5.91 Å². The van der Waals surface area contributed by atoms with Crippen molar-refractivity contribution in [2.75, 3.05) is 19.7 Å². The molecule has 1 aliphatic heterocycles. The molecule has 1 aliphatic carbocycles. The first-order valence-electron chi connectivity index (χ1n) is 6.75. The number of nitrogens with zero attached hydrogens (tertiary/aromatic N) is 1. The maximum Gasteiger partial charge on any atom is 0.249 e. The normalized spacial score (nSPS) is 26.9. The van der Waals surface area contributed by atoms with Crippen molar-refractivity contribution >= 4 is 5.91 Å². The maximum absolute atomic E-state index is 11.9. The van der Waals surface area contributed by atoms with E-state index >= 15 is 0 Å². The number of rotatable bonds is 2. The summed E-state index contributed by atoms with van der Waals surface area (Å²) < 4.78 is 5.85. The number of morpholine rings is 1. The lowest BCUT2D eigenvalue weighted by Gasteiger charge is -2.38. The van der Waals surface area contributed by atoms with Crippen LogP contribution in [0.4, 0.5) is 0 Å². The third-order valence-corrected chi connectivity index (χ3v) is 3.92. The molecule has 96 valence electrons. The van der Waals surface area contributed by atoms with E-state index < -0.39 is 0 Å². The minimum absolute atomic E-state index is 0.0918. The second kappa shape index (κ2) is 5.67. The summed E-state index contributed by atoms with van der Waals surface area (Å²) in [6.07, 6.45) is 6.78. The molecular weight excluding hydrogens is 214 g/mol. The van der Waals surface area contributed by atoms with Crippen LogP contribution in [0.3, 0.4) is 0 Å². The van der Waals surface area contributed by atoms with Gasteiger partial charge < -0.3 is 9.64 Å². The highest BCUT2D eigenvalue weighted by Gasteiger charge is 2.30. The number of hydrogen-bond donors (Lipinski definition) is 0. The predicted molar refractivity (Wildman–Crippen MR) is 67.7 cm³/mol. The van der Waals surface area contributed by atoms with E-state index in [0.29, 0.717) is 18.1 Å². The number of hydrogen-bond acceptors (Lipinski definition) is 2. The molecule has 3 heteroatoms. The van der Waals surface area contributed by atoms with Gasteiger partial charge in [0.15, 0.2) is 0 Å². The van der Waals surface area contributed by atoms with Crippen molar-refractivity contribution in [3.05, 3.63) is 12.2 Å². The quantitative estimate of drug-likeness (QED) is 0.690. The zero-order valence-electron chi connectivity index (χ0n) is 10.8. The Bertz CT molecular complexity index is 295. The zero-order chi connectivity index (χ0) is 12.3. The minimum atomic E-state index is 0.0918. The maximum atomic E-state index is 11.9. The lowest BCUT2D eigenvalue weighted by atomic mass is 9.84. The van der Waals surface area contributed by atoms with E-state index in [-0.39, 0.29) is 12.0 Å². The largest absolute Gasteiger partial charge is 0.374 e. The van der Waals surface area contributed by atoms with Gasteiger partial charge in [0.25, 0.3) is 0 Å². The van der Waals surface area contributed by atoms with E-state index in [2.05, 4.69) is 6.58 Å². The lowest BCUT2D eigenvalue weighted by Crippen LogP contribution is -2.48. The van der Waals surface area contributed by atoms with Gasteiger partial charge in [-0.2, -0.15) is 0 Å². The van der Waals surface area contributed by atoms with Gasteiger partial charge >= 0.3 is 0 Å². The smallest absolute Gasteiger partial charge is 0.249 e. The van der Waals surface area contributed by atoms with E-state index in [4.69, 9.17) is 4.74 Å². The van der Waals surface area contributed by atoms with Crippen LogP contribution in [0, 0.1) is 5.92 Å². The Kier molecular flexibility index (Phi) is 4.21. The van der Waals surface area contributed by atoms with Crippen LogP contribution in [-0.2, 0) is 9.53 Å². The predicted octanol–water partition coefficient (Wildman–Crippen LogP) is 2.37. The summed E-state index contributed by atoms with van der Waals surface area (Å²) in [5.74, 6) is 0.749. The average molecular weight is 237 g/mol. The molecule has 0 spiro atoms. The van der Waals surface area contributed by atoms with Crippen LogP contribution >= 0.6 is 0 Å². The molecule has 1 saturated heterocycles. The fourth-order valence-electron chi connectivity index (χ4n) is 2.92. The Morgan fingerprint density at radius 3 is 2.65 bits per heavy atom. The third kappa shape index (κ3) is 3.09. The Hall–Kier alpha value is -0.830. The summed E-state index contributed by atoms with van der Waals surface area (Å²) in [7, 11) is 0. The van der Waals surface area contributed by atoms with Crippen molar-refractivity contribution in [1.29, 1.82) is 0 Å². The molecule has 0 bridgehead atoms. The summed E-state index contributed by atoms with van der Waals surface area (Å²) >= 11 is 0. The summed E-state index contributed by atoms with van der Waals surface area (Å²) in [5, 5.41) is 0. The van der Waals surface area contributed by atoms with Gasteiger partial charge in [0, 0.05) is 18.7 Å². The average Bonchev–Trinajstić information content (AvgIpc) is 2.39. The van der Waals surface area contributed by atoms with Crippen LogP contribution in [0.2, 0.25) is 0 Å². The molecule has 3 nitrogen and oxygen atoms in total. The van der Waals surface area contributed by atoms with Crippen LogP contribution in [-0.4, -0.2) is 36.6 Å². The number of carbonyl (C=O) groups is 1. The monoisotopic (exact) mass is 237 g/mol. The molecule has 1 saturated carbocycles. The van der Waals surface area contributed by atoms with Crippen molar-refractivity contribution in [3.63, 3.8) is 0 Å². The Morgan fingerprint density at radius 1 is 1.29 bits per heavy atom. The number of ether oxygens (including phenoxy) is 1. The molecule has 1 amide bonds. The molecule has 17 heavy (non-hydrogen) atoms. The first kappa shape index (κ1) is 12.6. The molecule has 0 aromatic carbocycles. The van der Waals surface area contributed by atoms with E-state index in [9.17, 15) is 4.79 Å². The number of amides is 1. The van der Waals surface area contributed by atoms with Crippen molar-refractivity contribution in [2.45, 2.75) is 45.1 Å². The summed E-state index contributed by atoms with van der Waals surface area (Å²) in [4.78, 5) is 13.8. The Balaban J connectivity index is 1.92. The molecule has 2 rings (SSSR count). The van der Waals surface area contributed by atoms with Gasteiger partial charge in [0.1, 0.15) is 0 Å². The molecule has 2 fully saturated rings. The van der Waals surface area contributed by atoms with Gasteiger partial charge in [-0.3, -0.25) is 4.79 Å². The SMILES string of the molecule is C=C(C)C(=O)N1CCOC(C2CCCCC2)C1. The van der Waals surface area contributed by atoms with Crippen LogP contribution in [0.25, 0.3) is 0 Å². The Morgan fingerprint density at radius 2 is 2.00 bits per heavy atom. The van der Waals surface area contributed by atoms with Crippen molar-refractivity contribution in [2.24, 2.45) is 5.92 Å². The molecule has 0 radical (unpaired) electrons. The zero-order valence-corrected chi connectivity index (χ0v) is 10.8. The highest BCUT2D eigenvalue weighted by molar-refractivity contribution is 5.92. The molecule has 1 atom stereocenters. The molecule has 0 N–H and O–H groups in total. The van der Waals surface area contributed by atoms with Crippen LogP contribution in [0.15, 0.2) is 12.2 Å². The lowest BCUT2D eigenvalue weighted by molar-refractivity contribution is -0.137. The molecule has 2 aliphatic rings. The fourth-order valence-corrected chi connectivity index (χ4v) is 2.92. The third-order valence-electron chi connectivity index (χ3n) is 3.92. The summed E-state index contributed by atoms with van der Waals surface area (Å²) in [6, 6.07) is 0. The molecule has 1 unspecified atom stereocenters. The summed E-state index contributed by atoms with van der Waals surface area (Å²) in [6.45, 7) is 7.68. The first-order valence-corrected chi connectivity index (χ1v) is 6.75. The molecule has 0 aromatic heterocycles. The molecule has 0 aromatic rings. The fraction of sp³-hybridized carbons (Fsp3) is 0.786. The highest BCUT2D eigenvalue weighted by atomic mass is 16.5. The second-order valence-electron chi connectivity index (χ2n) is 5.34. The number of carbonyl (C=O) groups excluding carboxylic acids is 1. The van der Waals surface area contributed by atoms with Crippen molar-refractivity contribution < 1.29 is 9.53 Å². The van der Waals surface area contributed by atoms with Crippen LogP contribution in [0.1, 0.15) is 39.0 Å². The van der Waals surface area contributed by atoms with Crippen molar-refractivity contribution in [3.8, 4) is 0 Å². The first-order chi connectivity index (χ1) is 8.18. The van der Waals surface area contributed by atoms with Crippen LogP contribution in [0.5, 0.6) is 0 Å². The highest BCUT2D eigenvalue weighted by Crippen LogP contribution is 2.29. The van der Waals surface area contributed by atoms with Gasteiger partial charge in [-0.05, 0) is 25.7 Å². The van der Waals surface area contributed by atoms with E-state index in [1.54, 1.807) is 6.92 Å². The van der Waals surface area contributed by atoms with E-state index in [0.717, 1.165) is 13.1 Å². The second-order valence-corrected chi connectivity index (χ2v) is 5.34. The summed E-state index contributed by atoms with van der Waals surface area (Å²) in [5.41, 5.74) is 0.634. The van der Waals surface area contributed by atoms with Gasteiger partial charge in [-0.25, -0.2) is 0 Å². The van der Waals surface area contributed by atoms with Gasteiger partial charge in [0.05, 0.1) is 12.7 Å². The minimum Gasteiger partial charge on any atom is -0.374 e. The molecule has 1 heterocycles. The van der Waals surface area contributed by atoms with E-state index in [1.165, 1.54) is 32.1 Å². The standard InChI is InChI=1S/C14H23NO2/c1-11(2)14(16)15-8-9-17-13(10-15)12-6-4-3-5-7-12/h12-13H,1,3-10H2,2H3. The topological polar surface area (TPSA) is 29.5 Å². The molecular formula is C14H23NO2. The van der Waals surface area contributed by atoms with Crippen LogP contribution < -0.4 is 0 Å². The van der Waals surface area contributed by atoms with E-state index in [1.807, 2.05) is 4.90 Å². The van der Waals surface area contributed by atoms with Gasteiger partial charge in [-0.1, -0.05) is 25.8 Å². The van der Waals surface area contributed by atoms with Crippen molar-refractivity contribution in [1.82, 2.24) is 4.90 Å².